The summed E-state index contributed by atoms with van der Waals surface area (Å²) >= 11 is 3.31. The Morgan fingerprint density at radius 1 is 1.48 bits per heavy atom. The van der Waals surface area contributed by atoms with Gasteiger partial charge in [0.15, 0.2) is 0 Å². The van der Waals surface area contributed by atoms with Gasteiger partial charge < -0.3 is 10.6 Å². The van der Waals surface area contributed by atoms with Crippen LogP contribution < -0.4 is 10.6 Å². The zero-order valence-corrected chi connectivity index (χ0v) is 15.1. The third kappa shape index (κ3) is 6.93. The van der Waals surface area contributed by atoms with Gasteiger partial charge in [0, 0.05) is 17.2 Å². The molecule has 2 N–H and O–H groups in total. The number of halogens is 3. The van der Waals surface area contributed by atoms with Crippen molar-refractivity contribution < 1.29 is 4.79 Å². The summed E-state index contributed by atoms with van der Waals surface area (Å²) < 4.78 is 0.903. The van der Waals surface area contributed by atoms with E-state index < -0.39 is 0 Å². The van der Waals surface area contributed by atoms with Crippen LogP contribution in [-0.4, -0.2) is 49.0 Å². The number of nitrogens with one attached hydrogen (secondary N) is 2. The van der Waals surface area contributed by atoms with Gasteiger partial charge in [-0.25, -0.2) is 4.98 Å². The molecule has 1 aliphatic rings. The molecule has 0 aliphatic carbocycles. The number of carbonyl (C=O) groups excluding carboxylic acids is 1. The molecular weight excluding hydrogens is 379 g/mol. The summed E-state index contributed by atoms with van der Waals surface area (Å²) in [5.41, 5.74) is 0. The Bertz CT molecular complexity index is 433. The molecule has 8 heteroatoms. The fourth-order valence-corrected chi connectivity index (χ4v) is 2.58. The minimum absolute atomic E-state index is 0. The van der Waals surface area contributed by atoms with Gasteiger partial charge in [0.05, 0.1) is 6.54 Å². The summed E-state index contributed by atoms with van der Waals surface area (Å²) in [5, 5.41) is 6.00. The van der Waals surface area contributed by atoms with Crippen molar-refractivity contribution in [3.05, 3.63) is 22.8 Å². The van der Waals surface area contributed by atoms with Crippen molar-refractivity contribution >= 4 is 52.5 Å². The fourth-order valence-electron chi connectivity index (χ4n) is 2.35. The number of pyridine rings is 1. The Labute approximate surface area is 146 Å². The molecule has 1 atom stereocenters. The maximum atomic E-state index is 11.9. The Kier molecular flexibility index (Phi) is 10.1. The van der Waals surface area contributed by atoms with E-state index in [4.69, 9.17) is 0 Å². The van der Waals surface area contributed by atoms with Crippen LogP contribution in [0.25, 0.3) is 0 Å². The van der Waals surface area contributed by atoms with Crippen LogP contribution in [0.5, 0.6) is 0 Å². The number of carbonyl (C=O) groups is 1. The molecule has 21 heavy (non-hydrogen) atoms. The lowest BCUT2D eigenvalue weighted by Gasteiger charge is -2.15. The van der Waals surface area contributed by atoms with E-state index >= 15 is 0 Å². The number of nitrogens with zero attached hydrogens (tertiary/aromatic N) is 2. The fraction of sp³-hybridized carbons (Fsp3) is 0.538. The van der Waals surface area contributed by atoms with E-state index in [1.807, 2.05) is 13.1 Å². The first kappa shape index (κ1) is 20.6. The van der Waals surface area contributed by atoms with Crippen LogP contribution in [0.3, 0.4) is 0 Å². The average Bonchev–Trinajstić information content (AvgIpc) is 2.80. The molecule has 0 saturated carbocycles. The highest BCUT2D eigenvalue weighted by Gasteiger charge is 2.23. The maximum Gasteiger partial charge on any atom is 0.239 e. The highest BCUT2D eigenvalue weighted by Crippen LogP contribution is 2.15. The van der Waals surface area contributed by atoms with E-state index in [2.05, 4.69) is 36.4 Å². The van der Waals surface area contributed by atoms with E-state index in [0.717, 1.165) is 30.5 Å². The summed E-state index contributed by atoms with van der Waals surface area (Å²) in [6, 6.07) is 3.65. The van der Waals surface area contributed by atoms with Crippen LogP contribution in [0, 0.1) is 5.92 Å². The molecule has 5 nitrogen and oxygen atoms in total. The lowest BCUT2D eigenvalue weighted by molar-refractivity contribution is -0.117. The predicted octanol–water partition coefficient (Wildman–Crippen LogP) is 2.17. The summed E-state index contributed by atoms with van der Waals surface area (Å²) in [5.74, 6) is 1.25. The number of anilines is 1. The first-order chi connectivity index (χ1) is 9.17. The highest BCUT2D eigenvalue weighted by atomic mass is 79.9. The van der Waals surface area contributed by atoms with Crippen molar-refractivity contribution in [1.29, 1.82) is 0 Å². The van der Waals surface area contributed by atoms with Crippen LogP contribution in [0.1, 0.15) is 6.42 Å². The molecule has 2 rings (SSSR count). The third-order valence-corrected chi connectivity index (χ3v) is 3.69. The van der Waals surface area contributed by atoms with Crippen LogP contribution in [-0.2, 0) is 4.79 Å². The molecule has 1 aromatic rings. The standard InChI is InChI=1S/C13H19BrN4O.2ClH/c1-15-6-10-4-5-18(8-10)9-13(19)17-12-3-2-11(14)7-16-12;;/h2-3,7,10,15H,4-6,8-9H2,1H3,(H,16,17,19);2*1H. The number of amides is 1. The molecule has 1 fully saturated rings. The van der Waals surface area contributed by atoms with Gasteiger partial charge in [-0.3, -0.25) is 9.69 Å². The number of aromatic nitrogens is 1. The monoisotopic (exact) mass is 398 g/mol. The smallest absolute Gasteiger partial charge is 0.239 e. The predicted molar refractivity (Wildman–Crippen MR) is 93.5 cm³/mol. The molecule has 0 bridgehead atoms. The Balaban J connectivity index is 0.00000200. The van der Waals surface area contributed by atoms with Crippen LogP contribution in [0.4, 0.5) is 5.82 Å². The van der Waals surface area contributed by atoms with Gasteiger partial charge >= 0.3 is 0 Å². The number of rotatable bonds is 5. The molecule has 1 aliphatic heterocycles. The SMILES string of the molecule is CNCC1CCN(CC(=O)Nc2ccc(Br)cn2)C1.Cl.Cl. The molecule has 1 unspecified atom stereocenters. The van der Waals surface area contributed by atoms with Crippen molar-refractivity contribution in [2.75, 3.05) is 38.5 Å². The van der Waals surface area contributed by atoms with Gasteiger partial charge in [-0.2, -0.15) is 0 Å². The summed E-state index contributed by atoms with van der Waals surface area (Å²) in [4.78, 5) is 18.2. The molecule has 1 amide bonds. The van der Waals surface area contributed by atoms with Gasteiger partial charge in [0.25, 0.3) is 0 Å². The van der Waals surface area contributed by atoms with Gasteiger partial charge in [-0.1, -0.05) is 0 Å². The zero-order chi connectivity index (χ0) is 13.7. The zero-order valence-electron chi connectivity index (χ0n) is 11.8. The molecule has 2 heterocycles. The van der Waals surface area contributed by atoms with Gasteiger partial charge in [0.1, 0.15) is 5.82 Å². The van der Waals surface area contributed by atoms with E-state index in [0.29, 0.717) is 18.3 Å². The van der Waals surface area contributed by atoms with E-state index in [1.54, 1.807) is 12.3 Å². The maximum absolute atomic E-state index is 11.9. The molecule has 0 aromatic carbocycles. The van der Waals surface area contributed by atoms with Crippen molar-refractivity contribution in [3.8, 4) is 0 Å². The Morgan fingerprint density at radius 3 is 2.86 bits per heavy atom. The second-order valence-electron chi connectivity index (χ2n) is 4.86. The lowest BCUT2D eigenvalue weighted by atomic mass is 10.1. The quantitative estimate of drug-likeness (QED) is 0.796. The molecule has 1 aromatic heterocycles. The molecule has 0 radical (unpaired) electrons. The average molecular weight is 400 g/mol. The third-order valence-electron chi connectivity index (χ3n) is 3.22. The normalized spacial score (nSPS) is 17.7. The van der Waals surface area contributed by atoms with Crippen LogP contribution >= 0.6 is 40.7 Å². The second kappa shape index (κ2) is 10.3. The minimum atomic E-state index is -0.0000647. The Hall–Kier alpha value is -0.400. The topological polar surface area (TPSA) is 57.3 Å². The van der Waals surface area contributed by atoms with Gasteiger partial charge in [-0.05, 0) is 60.5 Å². The lowest BCUT2D eigenvalue weighted by Crippen LogP contribution is -2.32. The largest absolute Gasteiger partial charge is 0.319 e. The van der Waals surface area contributed by atoms with Crippen LogP contribution in [0.15, 0.2) is 22.8 Å². The first-order valence-electron chi connectivity index (χ1n) is 6.45. The molecule has 120 valence electrons. The number of likely N-dealkylation sites (tertiary alicyclic amines) is 1. The molecular formula is C13H21BrCl2N4O. The molecule has 1 saturated heterocycles. The van der Waals surface area contributed by atoms with E-state index in [-0.39, 0.29) is 30.7 Å². The van der Waals surface area contributed by atoms with Gasteiger partial charge in [0.2, 0.25) is 5.91 Å². The Morgan fingerprint density at radius 2 is 2.24 bits per heavy atom. The summed E-state index contributed by atoms with van der Waals surface area (Å²) in [7, 11) is 1.97. The number of hydrogen-bond donors (Lipinski definition) is 2. The van der Waals surface area contributed by atoms with Crippen molar-refractivity contribution in [2.45, 2.75) is 6.42 Å². The van der Waals surface area contributed by atoms with Crippen LogP contribution in [0.2, 0.25) is 0 Å². The minimum Gasteiger partial charge on any atom is -0.319 e. The first-order valence-corrected chi connectivity index (χ1v) is 7.25. The van der Waals surface area contributed by atoms with E-state index in [1.165, 1.54) is 0 Å². The highest BCUT2D eigenvalue weighted by molar-refractivity contribution is 9.10. The summed E-state index contributed by atoms with van der Waals surface area (Å²) in [6.45, 7) is 3.44. The van der Waals surface area contributed by atoms with Crippen molar-refractivity contribution in [1.82, 2.24) is 15.2 Å². The van der Waals surface area contributed by atoms with Crippen molar-refractivity contribution in [2.24, 2.45) is 5.92 Å². The second-order valence-corrected chi connectivity index (χ2v) is 5.77. The molecule has 0 spiro atoms. The summed E-state index contributed by atoms with van der Waals surface area (Å²) in [6.07, 6.45) is 2.83. The van der Waals surface area contributed by atoms with E-state index in [9.17, 15) is 4.79 Å². The number of hydrogen-bond acceptors (Lipinski definition) is 4. The van der Waals surface area contributed by atoms with Gasteiger partial charge in [-0.15, -0.1) is 24.8 Å². The van der Waals surface area contributed by atoms with Crippen molar-refractivity contribution in [3.63, 3.8) is 0 Å².